The van der Waals surface area contributed by atoms with Gasteiger partial charge in [-0.2, -0.15) is 0 Å². The number of fused-ring (bicyclic) bond motifs is 8. The number of thiophene rings is 1. The first-order valence-electron chi connectivity index (χ1n) is 25.0. The van der Waals surface area contributed by atoms with Crippen molar-refractivity contribution >= 4 is 78.0 Å². The Morgan fingerprint density at radius 3 is 1.75 bits per heavy atom. The number of hydrogen-bond acceptors (Lipinski definition) is 3. The summed E-state index contributed by atoms with van der Waals surface area (Å²) in [6.07, 6.45) is 2.33. The van der Waals surface area contributed by atoms with Gasteiger partial charge in [-0.1, -0.05) is 178 Å². The zero-order valence-electron chi connectivity index (χ0n) is 43.7. The summed E-state index contributed by atoms with van der Waals surface area (Å²) in [7, 11) is 0. The first-order valence-corrected chi connectivity index (χ1v) is 25.8. The predicted octanol–water partition coefficient (Wildman–Crippen LogP) is 16.5. The highest BCUT2D eigenvalue weighted by Gasteiger charge is 2.50. The molecule has 0 spiro atoms. The van der Waals surface area contributed by atoms with E-state index in [1.54, 1.807) is 0 Å². The van der Waals surface area contributed by atoms with Crippen molar-refractivity contribution in [3.8, 4) is 11.1 Å². The van der Waals surface area contributed by atoms with E-state index in [-0.39, 0.29) is 39.2 Å². The minimum absolute atomic E-state index is 0.0111. The minimum atomic E-state index is -0.126. The maximum absolute atomic E-state index is 2.76. The van der Waals surface area contributed by atoms with Gasteiger partial charge in [0.2, 0.25) is 0 Å². The molecule has 0 fully saturated rings. The molecule has 4 heteroatoms. The average molecular weight is 901 g/mol. The van der Waals surface area contributed by atoms with Gasteiger partial charge in [0, 0.05) is 43.2 Å². The minimum Gasteiger partial charge on any atom is -0.311 e. The average Bonchev–Trinajstić information content (AvgIpc) is 3.62. The lowest BCUT2D eigenvalue weighted by Gasteiger charge is -2.49. The Hall–Kier alpha value is -5.06. The summed E-state index contributed by atoms with van der Waals surface area (Å²) in [4.78, 5) is 5.47. The van der Waals surface area contributed by atoms with Crippen LogP contribution in [0.3, 0.4) is 0 Å². The quantitative estimate of drug-likeness (QED) is 0.163. The molecule has 0 saturated heterocycles. The zero-order chi connectivity index (χ0) is 48.1. The van der Waals surface area contributed by atoms with Crippen molar-refractivity contribution in [2.45, 2.75) is 163 Å². The Bertz CT molecular complexity index is 3120. The highest BCUT2D eigenvalue weighted by molar-refractivity contribution is 7.33. The van der Waals surface area contributed by atoms with E-state index in [2.05, 4.69) is 237 Å². The van der Waals surface area contributed by atoms with E-state index < -0.39 is 0 Å². The fourth-order valence-corrected chi connectivity index (χ4v) is 13.0. The molecule has 0 amide bonds. The fraction of sp³-hybridized carbons (Fsp3) is 0.397. The number of hydrogen-bond donors (Lipinski definition) is 0. The topological polar surface area (TPSA) is 6.48 Å². The molecule has 0 unspecified atom stereocenters. The van der Waals surface area contributed by atoms with Crippen LogP contribution in [0.1, 0.15) is 163 Å². The third-order valence-electron chi connectivity index (χ3n) is 15.7. The van der Waals surface area contributed by atoms with Crippen LogP contribution < -0.4 is 25.5 Å². The SMILES string of the molecule is Cc1cc2c3c(c1)N(c1cc(C(C)(C)C)cc(C(C)(C)C)c1-c1ccccc1)c1c(sc4ccc(C(C)(C)C)cc14)B3c1ccc3c(c1N2c1ccc(C(C)(C)C)cc1)C(C)(C)CCC3(C)C. The number of benzene rings is 6. The van der Waals surface area contributed by atoms with Crippen LogP contribution in [-0.4, -0.2) is 6.71 Å². The predicted molar refractivity (Wildman–Crippen MR) is 296 cm³/mol. The van der Waals surface area contributed by atoms with Gasteiger partial charge in [-0.25, -0.2) is 0 Å². The summed E-state index contributed by atoms with van der Waals surface area (Å²) in [5.41, 5.74) is 22.8. The summed E-state index contributed by atoms with van der Waals surface area (Å²) >= 11 is 2.02. The molecule has 6 aromatic carbocycles. The fourth-order valence-electron chi connectivity index (χ4n) is 11.7. The summed E-state index contributed by atoms with van der Waals surface area (Å²) in [6, 6.07) is 43.5. The van der Waals surface area contributed by atoms with Gasteiger partial charge in [-0.3, -0.25) is 0 Å². The molecule has 0 atom stereocenters. The highest BCUT2D eigenvalue weighted by Crippen LogP contribution is 2.56. The van der Waals surface area contributed by atoms with Gasteiger partial charge >= 0.3 is 0 Å². The van der Waals surface area contributed by atoms with Crippen LogP contribution in [0, 0.1) is 6.92 Å². The largest absolute Gasteiger partial charge is 0.311 e. The maximum Gasteiger partial charge on any atom is 0.264 e. The summed E-state index contributed by atoms with van der Waals surface area (Å²) in [5.74, 6) is 0. The molecule has 7 aromatic rings. The standard InChI is InChI=1S/C63H73BN2S/c1-38-33-49-54-50(34-38)66(48-37-42(60(8,9)10)36-46(61(11,12)13)52(48)39-21-19-18-20-22-39)55-44-35-41(59(5,6)7)25-30-51(44)67-57(55)64(54)47-29-28-45-53(63(16,17)32-31-62(45,14)15)56(47)65(49)43-26-23-40(24-27-43)58(2,3)4/h18-30,33-37H,31-32H2,1-17H3. The second kappa shape index (κ2) is 15.0. The van der Waals surface area contributed by atoms with Gasteiger partial charge in [0.25, 0.3) is 6.71 Å². The molecule has 2 nitrogen and oxygen atoms in total. The lowest BCUT2D eigenvalue weighted by Crippen LogP contribution is -2.61. The van der Waals surface area contributed by atoms with Crippen molar-refractivity contribution in [2.75, 3.05) is 9.80 Å². The molecule has 2 aliphatic heterocycles. The Kier molecular flexibility index (Phi) is 10.2. The smallest absolute Gasteiger partial charge is 0.264 e. The summed E-state index contributed by atoms with van der Waals surface area (Å²) < 4.78 is 2.78. The van der Waals surface area contributed by atoms with Gasteiger partial charge in [-0.05, 0) is 150 Å². The van der Waals surface area contributed by atoms with Crippen LogP contribution in [0.15, 0.2) is 109 Å². The Labute approximate surface area is 407 Å². The lowest BCUT2D eigenvalue weighted by molar-refractivity contribution is 0.333. The third-order valence-corrected chi connectivity index (χ3v) is 16.9. The van der Waals surface area contributed by atoms with Gasteiger partial charge in [0.15, 0.2) is 0 Å². The van der Waals surface area contributed by atoms with Crippen molar-refractivity contribution in [1.82, 2.24) is 0 Å². The molecule has 1 aliphatic carbocycles. The molecular formula is C63H73BN2S. The molecule has 0 saturated carbocycles. The molecule has 1 aromatic heterocycles. The monoisotopic (exact) mass is 901 g/mol. The van der Waals surface area contributed by atoms with Crippen LogP contribution in [-0.2, 0) is 32.5 Å². The second-order valence-corrected chi connectivity index (χ2v) is 27.0. The number of rotatable bonds is 3. The van der Waals surface area contributed by atoms with Crippen LogP contribution in [0.25, 0.3) is 21.2 Å². The number of anilines is 6. The van der Waals surface area contributed by atoms with Crippen LogP contribution in [0.4, 0.5) is 34.1 Å². The van der Waals surface area contributed by atoms with E-state index in [1.807, 2.05) is 11.3 Å². The van der Waals surface area contributed by atoms with Gasteiger partial charge in [0.1, 0.15) is 0 Å². The first kappa shape index (κ1) is 45.7. The second-order valence-electron chi connectivity index (χ2n) is 25.9. The zero-order valence-corrected chi connectivity index (χ0v) is 44.5. The van der Waals surface area contributed by atoms with E-state index in [1.165, 1.54) is 116 Å². The van der Waals surface area contributed by atoms with E-state index in [9.17, 15) is 0 Å². The van der Waals surface area contributed by atoms with E-state index in [0.29, 0.717) is 0 Å². The van der Waals surface area contributed by atoms with E-state index in [4.69, 9.17) is 0 Å². The maximum atomic E-state index is 2.76. The lowest BCUT2D eigenvalue weighted by atomic mass is 9.35. The molecular weight excluding hydrogens is 828 g/mol. The Balaban J connectivity index is 1.41. The van der Waals surface area contributed by atoms with Gasteiger partial charge < -0.3 is 9.80 Å². The molecule has 3 heterocycles. The van der Waals surface area contributed by atoms with Gasteiger partial charge in [-0.15, -0.1) is 11.3 Å². The molecule has 0 N–H and O–H groups in total. The molecule has 344 valence electrons. The van der Waals surface area contributed by atoms with E-state index >= 15 is 0 Å². The number of nitrogens with zero attached hydrogens (tertiary/aromatic N) is 2. The van der Waals surface area contributed by atoms with Crippen molar-refractivity contribution in [3.63, 3.8) is 0 Å². The van der Waals surface area contributed by atoms with Crippen LogP contribution >= 0.6 is 11.3 Å². The van der Waals surface area contributed by atoms with Gasteiger partial charge in [0.05, 0.1) is 11.4 Å². The molecule has 67 heavy (non-hydrogen) atoms. The Morgan fingerprint density at radius 1 is 0.537 bits per heavy atom. The van der Waals surface area contributed by atoms with Crippen molar-refractivity contribution in [2.24, 2.45) is 0 Å². The highest BCUT2D eigenvalue weighted by atomic mass is 32.1. The van der Waals surface area contributed by atoms with E-state index in [0.717, 1.165) is 6.42 Å². The molecule has 0 bridgehead atoms. The third kappa shape index (κ3) is 7.33. The normalized spacial score (nSPS) is 16.5. The van der Waals surface area contributed by atoms with Crippen molar-refractivity contribution in [3.05, 3.63) is 148 Å². The first-order chi connectivity index (χ1) is 31.2. The molecule has 0 radical (unpaired) electrons. The van der Waals surface area contributed by atoms with Crippen molar-refractivity contribution < 1.29 is 0 Å². The van der Waals surface area contributed by atoms with Crippen molar-refractivity contribution in [1.29, 1.82) is 0 Å². The Morgan fingerprint density at radius 2 is 1.13 bits per heavy atom. The van der Waals surface area contributed by atoms with Crippen LogP contribution in [0.5, 0.6) is 0 Å². The summed E-state index contributed by atoms with van der Waals surface area (Å²) in [5, 5.41) is 1.35. The summed E-state index contributed by atoms with van der Waals surface area (Å²) in [6.45, 7) is 40.8. The number of aryl methyl sites for hydroxylation is 1. The molecule has 10 rings (SSSR count). The molecule has 3 aliphatic rings. The van der Waals surface area contributed by atoms with Crippen LogP contribution in [0.2, 0.25) is 0 Å².